The van der Waals surface area contributed by atoms with E-state index in [1.807, 2.05) is 52.0 Å². The molecule has 0 radical (unpaired) electrons. The zero-order chi connectivity index (χ0) is 31.6. The summed E-state index contributed by atoms with van der Waals surface area (Å²) in [5.41, 5.74) is 4.51. The molecule has 0 saturated carbocycles. The second-order valence-corrected chi connectivity index (χ2v) is 11.8. The van der Waals surface area contributed by atoms with Crippen LogP contribution in [-0.2, 0) is 18.8 Å². The largest absolute Gasteiger partial charge is 0.504 e. The highest BCUT2D eigenvalue weighted by atomic mass is 16.7. The molecule has 1 saturated heterocycles. The third kappa shape index (κ3) is 6.22. The number of nitrogens with one attached hydrogen (secondary N) is 1. The Morgan fingerprint density at radius 1 is 0.977 bits per heavy atom. The van der Waals surface area contributed by atoms with E-state index in [0.29, 0.717) is 16.6 Å². The van der Waals surface area contributed by atoms with Gasteiger partial charge in [-0.15, -0.1) is 0 Å². The molecule has 1 heterocycles. The van der Waals surface area contributed by atoms with Crippen LogP contribution in [0, 0.1) is 0 Å². The predicted octanol–water partition coefficient (Wildman–Crippen LogP) is 6.05. The second-order valence-electron chi connectivity index (χ2n) is 11.8. The molecule has 1 fully saturated rings. The van der Waals surface area contributed by atoms with Crippen LogP contribution in [0.15, 0.2) is 72.2 Å². The highest BCUT2D eigenvalue weighted by Crippen LogP contribution is 2.44. The number of rotatable bonds is 9. The number of aliphatic carboxylic acids is 1. The van der Waals surface area contributed by atoms with Gasteiger partial charge in [-0.25, -0.2) is 9.59 Å². The summed E-state index contributed by atoms with van der Waals surface area (Å²) in [6, 6.07) is 19.4. The summed E-state index contributed by atoms with van der Waals surface area (Å²) in [4.78, 5) is 24.1. The lowest BCUT2D eigenvalue weighted by Gasteiger charge is -2.32. The number of benzene rings is 3. The van der Waals surface area contributed by atoms with Crippen molar-refractivity contribution in [3.05, 3.63) is 94.5 Å². The van der Waals surface area contributed by atoms with Crippen LogP contribution in [0.4, 0.5) is 4.79 Å². The number of hydrogen-bond acceptors (Lipinski definition) is 7. The minimum absolute atomic E-state index is 0.00948. The Labute approximate surface area is 257 Å². The molecule has 0 spiro atoms. The van der Waals surface area contributed by atoms with Crippen molar-refractivity contribution in [2.75, 3.05) is 20.3 Å². The van der Waals surface area contributed by atoms with Crippen LogP contribution in [0.25, 0.3) is 23.3 Å². The summed E-state index contributed by atoms with van der Waals surface area (Å²) in [5, 5.41) is 22.8. The van der Waals surface area contributed by atoms with Crippen molar-refractivity contribution in [1.82, 2.24) is 5.32 Å². The molecule has 1 aliphatic heterocycles. The summed E-state index contributed by atoms with van der Waals surface area (Å²) in [6.45, 7) is 7.82. The molecule has 9 nitrogen and oxygen atoms in total. The van der Waals surface area contributed by atoms with Gasteiger partial charge >= 0.3 is 19.2 Å². The lowest BCUT2D eigenvalue weighted by atomic mass is 9.76. The molecule has 1 amide bonds. The van der Waals surface area contributed by atoms with Gasteiger partial charge in [-0.1, -0.05) is 54.6 Å². The Bertz CT molecular complexity index is 1580. The van der Waals surface area contributed by atoms with Crippen molar-refractivity contribution in [2.45, 2.75) is 44.8 Å². The summed E-state index contributed by atoms with van der Waals surface area (Å²) >= 11 is 0. The molecular formula is C34H36BNO8. The van der Waals surface area contributed by atoms with Gasteiger partial charge in [-0.2, -0.15) is 0 Å². The average molecular weight is 597 g/mol. The van der Waals surface area contributed by atoms with E-state index in [4.69, 9.17) is 23.9 Å². The quantitative estimate of drug-likeness (QED) is 0.201. The van der Waals surface area contributed by atoms with E-state index in [1.165, 1.54) is 19.3 Å². The number of phenolic OH excluding ortho intramolecular Hbond substituents is 1. The number of hydrogen-bond donors (Lipinski definition) is 3. The van der Waals surface area contributed by atoms with Gasteiger partial charge in [0.1, 0.15) is 6.61 Å². The van der Waals surface area contributed by atoms with Gasteiger partial charge < -0.3 is 34.3 Å². The van der Waals surface area contributed by atoms with Crippen molar-refractivity contribution in [1.29, 1.82) is 0 Å². The molecule has 3 aromatic rings. The fourth-order valence-electron chi connectivity index (χ4n) is 5.40. The minimum atomic E-state index is -1.11. The summed E-state index contributed by atoms with van der Waals surface area (Å²) in [5.74, 6) is -1.20. The van der Waals surface area contributed by atoms with Crippen LogP contribution in [-0.4, -0.2) is 60.9 Å². The molecule has 3 N–H and O–H groups in total. The van der Waals surface area contributed by atoms with E-state index < -0.39 is 30.4 Å². The second kappa shape index (κ2) is 12.2. The molecule has 44 heavy (non-hydrogen) atoms. The normalized spacial score (nSPS) is 16.9. The number of methoxy groups -OCH3 is 1. The smallest absolute Gasteiger partial charge is 0.492 e. The Morgan fingerprint density at radius 3 is 2.14 bits per heavy atom. The van der Waals surface area contributed by atoms with Gasteiger partial charge in [0.15, 0.2) is 11.5 Å². The highest BCUT2D eigenvalue weighted by Gasteiger charge is 2.52. The number of amides is 1. The van der Waals surface area contributed by atoms with Crippen LogP contribution in [0.5, 0.6) is 11.5 Å². The first kappa shape index (κ1) is 30.9. The van der Waals surface area contributed by atoms with Crippen LogP contribution < -0.4 is 10.1 Å². The number of fused-ring (bicyclic) bond motifs is 3. The van der Waals surface area contributed by atoms with E-state index in [9.17, 15) is 14.7 Å². The maximum atomic E-state index is 13.0. The number of carbonyl (C=O) groups excluding carboxylic acids is 1. The van der Waals surface area contributed by atoms with E-state index in [2.05, 4.69) is 29.6 Å². The molecular weight excluding hydrogens is 561 g/mol. The van der Waals surface area contributed by atoms with Crippen LogP contribution in [0.1, 0.15) is 55.9 Å². The fraction of sp³-hybridized carbons (Fsp3) is 0.294. The topological polar surface area (TPSA) is 124 Å². The first-order chi connectivity index (χ1) is 20.9. The average Bonchev–Trinajstić information content (AvgIpc) is 3.42. The van der Waals surface area contributed by atoms with E-state index >= 15 is 0 Å². The molecule has 0 unspecified atom stereocenters. The maximum Gasteiger partial charge on any atom is 0.492 e. The van der Waals surface area contributed by atoms with Crippen molar-refractivity contribution in [3.8, 4) is 22.6 Å². The van der Waals surface area contributed by atoms with E-state index in [0.717, 1.165) is 28.3 Å². The first-order valence-electron chi connectivity index (χ1n) is 14.4. The van der Waals surface area contributed by atoms with Crippen LogP contribution in [0.2, 0.25) is 0 Å². The van der Waals surface area contributed by atoms with Gasteiger partial charge in [0.25, 0.3) is 0 Å². The number of carbonyl (C=O) groups is 2. The van der Waals surface area contributed by atoms with Gasteiger partial charge in [0, 0.05) is 24.1 Å². The van der Waals surface area contributed by atoms with Crippen molar-refractivity contribution in [2.24, 2.45) is 0 Å². The first-order valence-corrected chi connectivity index (χ1v) is 14.4. The van der Waals surface area contributed by atoms with E-state index in [-0.39, 0.29) is 30.6 Å². The van der Waals surface area contributed by atoms with Gasteiger partial charge in [-0.3, -0.25) is 0 Å². The molecule has 228 valence electrons. The minimum Gasteiger partial charge on any atom is -0.504 e. The number of carboxylic acids is 1. The molecule has 1 aliphatic carbocycles. The maximum absolute atomic E-state index is 13.0. The van der Waals surface area contributed by atoms with Gasteiger partial charge in [-0.05, 0) is 79.2 Å². The lowest BCUT2D eigenvalue weighted by molar-refractivity contribution is -0.131. The predicted molar refractivity (Wildman–Crippen MR) is 168 cm³/mol. The summed E-state index contributed by atoms with van der Waals surface area (Å²) < 4.78 is 23.6. The summed E-state index contributed by atoms with van der Waals surface area (Å²) in [7, 11) is 0.554. The molecule has 2 aliphatic rings. The Kier molecular flexibility index (Phi) is 8.59. The molecule has 10 heteroatoms. The lowest BCUT2D eigenvalue weighted by Crippen LogP contribution is -2.41. The molecule has 0 aromatic heterocycles. The zero-order valence-electron chi connectivity index (χ0n) is 25.4. The third-order valence-electron chi connectivity index (χ3n) is 8.44. The monoisotopic (exact) mass is 597 g/mol. The number of alkyl carbamates (subject to hydrolysis) is 1. The van der Waals surface area contributed by atoms with Crippen LogP contribution >= 0.6 is 0 Å². The van der Waals surface area contributed by atoms with Crippen molar-refractivity contribution >= 4 is 31.3 Å². The number of carboxylic acid groups (broad SMARTS) is 1. The standard InChI is InChI=1S/C34H36BNO8/c1-33(2)34(3,4)44-35(43-33)23(18-22-16-21(14-15-30(37)38)17-29(41-5)31(22)39)19-36-32(40)42-20-28-26-12-8-6-10-24(26)25-11-7-9-13-27(25)28/h6-18,28,39H,19-20H2,1-5H3,(H,36,40)(H,37,38). The number of aromatic hydroxyl groups is 1. The van der Waals surface area contributed by atoms with Crippen LogP contribution in [0.3, 0.4) is 0 Å². The highest BCUT2D eigenvalue weighted by molar-refractivity contribution is 6.56. The fourth-order valence-corrected chi connectivity index (χ4v) is 5.40. The Hall–Kier alpha value is -4.54. The molecule has 0 atom stereocenters. The van der Waals surface area contributed by atoms with Crippen molar-refractivity contribution in [3.63, 3.8) is 0 Å². The Balaban J connectivity index is 1.38. The number of ether oxygens (including phenoxy) is 2. The zero-order valence-corrected chi connectivity index (χ0v) is 25.4. The Morgan fingerprint density at radius 2 is 1.57 bits per heavy atom. The number of phenols is 1. The molecule has 3 aromatic carbocycles. The SMILES string of the molecule is COc1cc(C=CC(=O)O)cc(C=C(CNC(=O)OCC2c3ccccc3-c3ccccc32)B2OC(C)(C)C(C)(C)O2)c1O. The third-order valence-corrected chi connectivity index (χ3v) is 8.44. The molecule has 5 rings (SSSR count). The van der Waals surface area contributed by atoms with Gasteiger partial charge in [0.2, 0.25) is 0 Å². The molecule has 0 bridgehead atoms. The summed E-state index contributed by atoms with van der Waals surface area (Å²) in [6.07, 6.45) is 3.41. The van der Waals surface area contributed by atoms with Gasteiger partial charge in [0.05, 0.1) is 18.3 Å². The van der Waals surface area contributed by atoms with Crippen molar-refractivity contribution < 1.29 is 38.6 Å². The van der Waals surface area contributed by atoms with E-state index in [1.54, 1.807) is 12.1 Å².